The number of hydrogen-bond donors (Lipinski definition) is 2. The molecule has 0 saturated carbocycles. The van der Waals surface area contributed by atoms with Gasteiger partial charge in [0.2, 0.25) is 0 Å². The number of pyridine rings is 1. The number of piperidine rings is 1. The van der Waals surface area contributed by atoms with E-state index in [1.807, 2.05) is 60.1 Å². The molecule has 2 aromatic heterocycles. The Morgan fingerprint density at radius 3 is 2.64 bits per heavy atom. The average molecular weight is 394 g/mol. The number of rotatable bonds is 5. The number of aromatic nitrogens is 2. The first-order valence-corrected chi connectivity index (χ1v) is 10.4. The third-order valence-electron chi connectivity index (χ3n) is 4.81. The highest BCUT2D eigenvalue weighted by molar-refractivity contribution is 7.13. The van der Waals surface area contributed by atoms with Crippen molar-refractivity contribution < 1.29 is 4.79 Å². The molecule has 1 saturated heterocycles. The first-order valence-electron chi connectivity index (χ1n) is 9.48. The van der Waals surface area contributed by atoms with Gasteiger partial charge in [-0.3, -0.25) is 0 Å². The molecule has 0 radical (unpaired) electrons. The van der Waals surface area contributed by atoms with E-state index in [1.165, 1.54) is 0 Å². The Labute approximate surface area is 168 Å². The summed E-state index contributed by atoms with van der Waals surface area (Å²) in [5.74, 6) is 1.00. The van der Waals surface area contributed by atoms with Crippen molar-refractivity contribution in [1.29, 1.82) is 0 Å². The largest absolute Gasteiger partial charge is 0.356 e. The molecule has 1 aromatic carbocycles. The van der Waals surface area contributed by atoms with Crippen molar-refractivity contribution >= 4 is 23.2 Å². The van der Waals surface area contributed by atoms with Gasteiger partial charge in [0, 0.05) is 36.3 Å². The highest BCUT2D eigenvalue weighted by Crippen LogP contribution is 2.23. The fourth-order valence-electron chi connectivity index (χ4n) is 3.30. The minimum absolute atomic E-state index is 0.134. The van der Waals surface area contributed by atoms with E-state index >= 15 is 0 Å². The Kier molecular flexibility index (Phi) is 5.82. The summed E-state index contributed by atoms with van der Waals surface area (Å²) in [7, 11) is 0. The van der Waals surface area contributed by atoms with E-state index in [-0.39, 0.29) is 12.1 Å². The second-order valence-corrected chi connectivity index (χ2v) is 7.64. The standard InChI is InChI=1S/C21H23N5OS/c27-21(23-14-18-15-28-20(24-18)16-6-2-1-3-7-16)25-17-9-12-26(13-10-17)19-8-4-5-11-22-19/h1-8,11,15,17H,9-10,12-14H2,(H2,23,25,27). The fraction of sp³-hybridized carbons (Fsp3) is 0.286. The van der Waals surface area contributed by atoms with E-state index in [4.69, 9.17) is 0 Å². The van der Waals surface area contributed by atoms with Gasteiger partial charge in [0.1, 0.15) is 10.8 Å². The Balaban J connectivity index is 1.22. The van der Waals surface area contributed by atoms with Crippen LogP contribution in [0.4, 0.5) is 10.6 Å². The van der Waals surface area contributed by atoms with Crippen molar-refractivity contribution in [1.82, 2.24) is 20.6 Å². The van der Waals surface area contributed by atoms with Crippen LogP contribution < -0.4 is 15.5 Å². The van der Waals surface area contributed by atoms with Crippen LogP contribution in [0.2, 0.25) is 0 Å². The molecular weight excluding hydrogens is 370 g/mol. The topological polar surface area (TPSA) is 70.2 Å². The number of thiazole rings is 1. The van der Waals surface area contributed by atoms with Crippen molar-refractivity contribution in [3.8, 4) is 10.6 Å². The van der Waals surface area contributed by atoms with Gasteiger partial charge < -0.3 is 15.5 Å². The second kappa shape index (κ2) is 8.84. The zero-order valence-corrected chi connectivity index (χ0v) is 16.4. The molecule has 1 aliphatic heterocycles. The molecule has 0 atom stereocenters. The van der Waals surface area contributed by atoms with Gasteiger partial charge in [0.15, 0.2) is 0 Å². The van der Waals surface area contributed by atoms with E-state index < -0.39 is 0 Å². The predicted octanol–water partition coefficient (Wildman–Crippen LogP) is 3.67. The Morgan fingerprint density at radius 1 is 1.11 bits per heavy atom. The van der Waals surface area contributed by atoms with Gasteiger partial charge in [-0.15, -0.1) is 11.3 Å². The van der Waals surface area contributed by atoms with Crippen LogP contribution in [-0.4, -0.2) is 35.1 Å². The lowest BCUT2D eigenvalue weighted by Gasteiger charge is -2.33. The lowest BCUT2D eigenvalue weighted by atomic mass is 10.1. The lowest BCUT2D eigenvalue weighted by molar-refractivity contribution is 0.234. The zero-order chi connectivity index (χ0) is 19.2. The molecule has 144 valence electrons. The van der Waals surface area contributed by atoms with Crippen LogP contribution in [0, 0.1) is 0 Å². The minimum Gasteiger partial charge on any atom is -0.356 e. The van der Waals surface area contributed by atoms with Crippen LogP contribution in [0.3, 0.4) is 0 Å². The summed E-state index contributed by atoms with van der Waals surface area (Å²) in [6, 6.07) is 16.1. The fourth-order valence-corrected chi connectivity index (χ4v) is 4.13. The molecule has 3 heterocycles. The van der Waals surface area contributed by atoms with Gasteiger partial charge in [0.05, 0.1) is 12.2 Å². The van der Waals surface area contributed by atoms with E-state index in [0.717, 1.165) is 48.0 Å². The first-order chi connectivity index (χ1) is 13.8. The van der Waals surface area contributed by atoms with Gasteiger partial charge in [-0.05, 0) is 25.0 Å². The van der Waals surface area contributed by atoms with Crippen LogP contribution in [0.25, 0.3) is 10.6 Å². The average Bonchev–Trinajstić information content (AvgIpc) is 3.23. The Bertz CT molecular complexity index is 891. The quantitative estimate of drug-likeness (QED) is 0.694. The third-order valence-corrected chi connectivity index (χ3v) is 5.75. The molecule has 2 amide bonds. The number of carbonyl (C=O) groups excluding carboxylic acids is 1. The number of urea groups is 1. The molecule has 0 spiro atoms. The van der Waals surface area contributed by atoms with Crippen LogP contribution in [0.15, 0.2) is 60.1 Å². The van der Waals surface area contributed by atoms with Crippen molar-refractivity contribution in [2.45, 2.75) is 25.4 Å². The van der Waals surface area contributed by atoms with Crippen molar-refractivity contribution in [3.63, 3.8) is 0 Å². The van der Waals surface area contributed by atoms with Crippen LogP contribution in [0.1, 0.15) is 18.5 Å². The van der Waals surface area contributed by atoms with Gasteiger partial charge in [-0.2, -0.15) is 0 Å². The number of carbonyl (C=O) groups is 1. The number of nitrogens with zero attached hydrogens (tertiary/aromatic N) is 3. The second-order valence-electron chi connectivity index (χ2n) is 6.79. The maximum atomic E-state index is 12.2. The highest BCUT2D eigenvalue weighted by Gasteiger charge is 2.21. The molecule has 4 rings (SSSR count). The van der Waals surface area contributed by atoms with E-state index in [1.54, 1.807) is 11.3 Å². The zero-order valence-electron chi connectivity index (χ0n) is 15.5. The number of hydrogen-bond acceptors (Lipinski definition) is 5. The third kappa shape index (κ3) is 4.67. The van der Waals surface area contributed by atoms with Crippen LogP contribution in [0.5, 0.6) is 0 Å². The Morgan fingerprint density at radius 2 is 1.89 bits per heavy atom. The normalized spacial score (nSPS) is 14.6. The number of anilines is 1. The summed E-state index contributed by atoms with van der Waals surface area (Å²) < 4.78 is 0. The SMILES string of the molecule is O=C(NCc1csc(-c2ccccc2)n1)NC1CCN(c2ccccn2)CC1. The molecule has 6 nitrogen and oxygen atoms in total. The molecule has 0 unspecified atom stereocenters. The molecule has 0 bridgehead atoms. The number of nitrogens with one attached hydrogen (secondary N) is 2. The van der Waals surface area contributed by atoms with E-state index in [9.17, 15) is 4.79 Å². The van der Waals surface area contributed by atoms with Gasteiger partial charge in [-0.1, -0.05) is 36.4 Å². The maximum absolute atomic E-state index is 12.2. The van der Waals surface area contributed by atoms with E-state index in [0.29, 0.717) is 6.54 Å². The minimum atomic E-state index is -0.134. The van der Waals surface area contributed by atoms with Gasteiger partial charge in [-0.25, -0.2) is 14.8 Å². The summed E-state index contributed by atoms with van der Waals surface area (Å²) in [6.07, 6.45) is 3.65. The number of benzene rings is 1. The summed E-state index contributed by atoms with van der Waals surface area (Å²) >= 11 is 1.59. The molecular formula is C21H23N5OS. The first kappa shape index (κ1) is 18.4. The maximum Gasteiger partial charge on any atom is 0.315 e. The van der Waals surface area contributed by atoms with Gasteiger partial charge >= 0.3 is 6.03 Å². The summed E-state index contributed by atoms with van der Waals surface area (Å²) in [5.41, 5.74) is 1.98. The molecule has 0 aliphatic carbocycles. The molecule has 1 aliphatic rings. The van der Waals surface area contributed by atoms with Crippen LogP contribution >= 0.6 is 11.3 Å². The number of amides is 2. The van der Waals surface area contributed by atoms with Crippen molar-refractivity contribution in [2.24, 2.45) is 0 Å². The molecule has 1 fully saturated rings. The van der Waals surface area contributed by atoms with E-state index in [2.05, 4.69) is 25.5 Å². The predicted molar refractivity (Wildman–Crippen MR) is 112 cm³/mol. The smallest absolute Gasteiger partial charge is 0.315 e. The molecule has 28 heavy (non-hydrogen) atoms. The summed E-state index contributed by atoms with van der Waals surface area (Å²) in [6.45, 7) is 2.23. The molecule has 7 heteroatoms. The van der Waals surface area contributed by atoms with Crippen molar-refractivity contribution in [2.75, 3.05) is 18.0 Å². The highest BCUT2D eigenvalue weighted by atomic mass is 32.1. The van der Waals surface area contributed by atoms with Gasteiger partial charge in [0.25, 0.3) is 0 Å². The summed E-state index contributed by atoms with van der Waals surface area (Å²) in [4.78, 5) is 23.5. The molecule has 2 N–H and O–H groups in total. The van der Waals surface area contributed by atoms with Crippen molar-refractivity contribution in [3.05, 3.63) is 65.8 Å². The monoisotopic (exact) mass is 393 g/mol. The lowest BCUT2D eigenvalue weighted by Crippen LogP contribution is -2.48. The van der Waals surface area contributed by atoms with Crippen LogP contribution in [-0.2, 0) is 6.54 Å². The molecule has 3 aromatic rings. The summed E-state index contributed by atoms with van der Waals surface area (Å²) in [5, 5.41) is 8.97. The Hall–Kier alpha value is -2.93.